The zero-order valence-corrected chi connectivity index (χ0v) is 11.2. The molecule has 1 aliphatic carbocycles. The summed E-state index contributed by atoms with van der Waals surface area (Å²) in [4.78, 5) is 0. The highest BCUT2D eigenvalue weighted by Crippen LogP contribution is 2.31. The molecule has 2 aromatic rings. The lowest BCUT2D eigenvalue weighted by molar-refractivity contribution is 0.268. The van der Waals surface area contributed by atoms with Crippen molar-refractivity contribution >= 4 is 22.4 Å². The summed E-state index contributed by atoms with van der Waals surface area (Å²) >= 11 is 0. The zero-order valence-electron chi connectivity index (χ0n) is 11.2. The minimum absolute atomic E-state index is 0.604. The molecule has 5 heteroatoms. The summed E-state index contributed by atoms with van der Waals surface area (Å²) in [7, 11) is 0. The Hall–Kier alpha value is -1.78. The summed E-state index contributed by atoms with van der Waals surface area (Å²) in [6.45, 7) is 3.33. The second-order valence-corrected chi connectivity index (χ2v) is 5.57. The van der Waals surface area contributed by atoms with Crippen molar-refractivity contribution in [3.63, 3.8) is 0 Å². The lowest BCUT2D eigenvalue weighted by atomic mass is 9.80. The van der Waals surface area contributed by atoms with Gasteiger partial charge in [0.1, 0.15) is 0 Å². The van der Waals surface area contributed by atoms with E-state index < -0.39 is 0 Å². The van der Waals surface area contributed by atoms with Gasteiger partial charge in [-0.25, -0.2) is 4.63 Å². The van der Waals surface area contributed by atoms with Crippen molar-refractivity contribution in [2.45, 2.75) is 32.6 Å². The fourth-order valence-electron chi connectivity index (χ4n) is 2.97. The number of anilines is 2. The average Bonchev–Trinajstić information content (AvgIpc) is 2.90. The molecule has 5 nitrogen and oxygen atoms in total. The first-order valence-electron chi connectivity index (χ1n) is 7.00. The molecule has 2 atom stereocenters. The number of rotatable bonds is 3. The summed E-state index contributed by atoms with van der Waals surface area (Å²) in [5, 5.41) is 11.3. The minimum atomic E-state index is 0.604. The van der Waals surface area contributed by atoms with Crippen molar-refractivity contribution in [3.8, 4) is 0 Å². The Kier molecular flexibility index (Phi) is 3.27. The third kappa shape index (κ3) is 2.37. The Balaban J connectivity index is 1.75. The maximum atomic E-state index is 5.84. The predicted octanol–water partition coefficient (Wildman–Crippen LogP) is 3.04. The smallest absolute Gasteiger partial charge is 0.160 e. The van der Waals surface area contributed by atoms with E-state index in [9.17, 15) is 0 Å². The van der Waals surface area contributed by atoms with Gasteiger partial charge < -0.3 is 11.1 Å². The molecule has 0 bridgehead atoms. The second kappa shape index (κ2) is 5.07. The van der Waals surface area contributed by atoms with E-state index in [1.807, 2.05) is 12.1 Å². The molecule has 102 valence electrons. The molecule has 1 fully saturated rings. The highest BCUT2D eigenvalue weighted by atomic mass is 16.6. The molecule has 1 saturated carbocycles. The second-order valence-electron chi connectivity index (χ2n) is 5.57. The summed E-state index contributed by atoms with van der Waals surface area (Å²) in [6.07, 6.45) is 5.37. The van der Waals surface area contributed by atoms with Crippen LogP contribution in [0.25, 0.3) is 11.0 Å². The highest BCUT2D eigenvalue weighted by molar-refractivity contribution is 5.94. The third-order valence-electron chi connectivity index (χ3n) is 4.29. The Morgan fingerprint density at radius 3 is 2.89 bits per heavy atom. The van der Waals surface area contributed by atoms with Gasteiger partial charge in [0, 0.05) is 6.54 Å². The maximum absolute atomic E-state index is 5.84. The topological polar surface area (TPSA) is 77.0 Å². The molecular weight excluding hydrogens is 240 g/mol. The van der Waals surface area contributed by atoms with Gasteiger partial charge in [-0.05, 0) is 40.7 Å². The molecule has 0 radical (unpaired) electrons. The molecule has 0 amide bonds. The third-order valence-corrected chi connectivity index (χ3v) is 4.29. The van der Waals surface area contributed by atoms with Crippen LogP contribution in [0.2, 0.25) is 0 Å². The van der Waals surface area contributed by atoms with Crippen molar-refractivity contribution in [2.24, 2.45) is 11.8 Å². The molecule has 3 rings (SSSR count). The molecule has 1 heterocycles. The molecule has 1 aliphatic rings. The molecule has 0 aliphatic heterocycles. The molecule has 3 N–H and O–H groups in total. The van der Waals surface area contributed by atoms with Gasteiger partial charge in [0.2, 0.25) is 0 Å². The normalized spacial score (nSPS) is 23.6. The number of aromatic nitrogens is 2. The standard InChI is InChI=1S/C14H20N4O/c1-9-4-2-3-5-10(9)8-16-12-7-6-11(15)13-14(12)18-19-17-13/h6-7,9-10,16H,2-5,8,15H2,1H3. The number of benzene rings is 1. The highest BCUT2D eigenvalue weighted by Gasteiger charge is 2.21. The fourth-order valence-corrected chi connectivity index (χ4v) is 2.97. The van der Waals surface area contributed by atoms with Gasteiger partial charge in [0.05, 0.1) is 11.4 Å². The largest absolute Gasteiger partial charge is 0.397 e. The first-order chi connectivity index (χ1) is 9.25. The van der Waals surface area contributed by atoms with Crippen molar-refractivity contribution in [1.82, 2.24) is 10.3 Å². The van der Waals surface area contributed by atoms with E-state index in [1.54, 1.807) is 0 Å². The van der Waals surface area contributed by atoms with Crippen molar-refractivity contribution in [1.29, 1.82) is 0 Å². The van der Waals surface area contributed by atoms with Gasteiger partial charge in [-0.1, -0.05) is 26.2 Å². The number of nitrogen functional groups attached to an aromatic ring is 1. The molecule has 1 aromatic heterocycles. The zero-order chi connectivity index (χ0) is 13.2. The van der Waals surface area contributed by atoms with Crippen LogP contribution in [0.5, 0.6) is 0 Å². The van der Waals surface area contributed by atoms with Crippen molar-refractivity contribution < 1.29 is 4.63 Å². The first kappa shape index (κ1) is 12.3. The first-order valence-corrected chi connectivity index (χ1v) is 7.00. The fraction of sp³-hybridized carbons (Fsp3) is 0.571. The molecule has 19 heavy (non-hydrogen) atoms. The van der Waals surface area contributed by atoms with Gasteiger partial charge in [-0.15, -0.1) is 0 Å². The summed E-state index contributed by atoms with van der Waals surface area (Å²) < 4.78 is 4.78. The van der Waals surface area contributed by atoms with Crippen LogP contribution in [0.4, 0.5) is 11.4 Å². The molecule has 1 aromatic carbocycles. The van der Waals surface area contributed by atoms with Crippen molar-refractivity contribution in [2.75, 3.05) is 17.6 Å². The van der Waals surface area contributed by atoms with Crippen LogP contribution >= 0.6 is 0 Å². The van der Waals surface area contributed by atoms with Crippen LogP contribution in [-0.2, 0) is 0 Å². The Morgan fingerprint density at radius 2 is 2.05 bits per heavy atom. The number of nitrogens with one attached hydrogen (secondary N) is 1. The van der Waals surface area contributed by atoms with E-state index in [4.69, 9.17) is 10.4 Å². The van der Waals surface area contributed by atoms with E-state index in [1.165, 1.54) is 25.7 Å². The van der Waals surface area contributed by atoms with Crippen LogP contribution in [0, 0.1) is 11.8 Å². The summed E-state index contributed by atoms with van der Waals surface area (Å²) in [5.74, 6) is 1.53. The number of hydrogen-bond acceptors (Lipinski definition) is 5. The molecular formula is C14H20N4O. The lowest BCUT2D eigenvalue weighted by Gasteiger charge is -2.29. The van der Waals surface area contributed by atoms with Gasteiger partial charge in [0.25, 0.3) is 0 Å². The Morgan fingerprint density at radius 1 is 1.26 bits per heavy atom. The van der Waals surface area contributed by atoms with Crippen LogP contribution in [-0.4, -0.2) is 16.9 Å². The quantitative estimate of drug-likeness (QED) is 0.829. The van der Waals surface area contributed by atoms with Gasteiger partial charge >= 0.3 is 0 Å². The van der Waals surface area contributed by atoms with Crippen LogP contribution in [0.1, 0.15) is 32.6 Å². The Bertz CT molecular complexity index is 566. The van der Waals surface area contributed by atoms with E-state index in [0.29, 0.717) is 11.2 Å². The number of nitrogens with zero attached hydrogens (tertiary/aromatic N) is 2. The lowest BCUT2D eigenvalue weighted by Crippen LogP contribution is -2.24. The van der Waals surface area contributed by atoms with E-state index >= 15 is 0 Å². The van der Waals surface area contributed by atoms with Crippen LogP contribution in [0.3, 0.4) is 0 Å². The molecule has 2 unspecified atom stereocenters. The van der Waals surface area contributed by atoms with Crippen molar-refractivity contribution in [3.05, 3.63) is 12.1 Å². The maximum Gasteiger partial charge on any atom is 0.160 e. The monoisotopic (exact) mass is 260 g/mol. The van der Waals surface area contributed by atoms with Crippen LogP contribution in [0.15, 0.2) is 16.8 Å². The van der Waals surface area contributed by atoms with E-state index in [0.717, 1.165) is 29.6 Å². The van der Waals surface area contributed by atoms with Crippen LogP contribution < -0.4 is 11.1 Å². The minimum Gasteiger partial charge on any atom is -0.397 e. The van der Waals surface area contributed by atoms with Gasteiger partial charge in [-0.3, -0.25) is 0 Å². The number of hydrogen-bond donors (Lipinski definition) is 2. The van der Waals surface area contributed by atoms with E-state index in [-0.39, 0.29) is 0 Å². The predicted molar refractivity (Wildman–Crippen MR) is 75.8 cm³/mol. The SMILES string of the molecule is CC1CCCCC1CNc1ccc(N)c2nonc12. The average molecular weight is 260 g/mol. The number of fused-ring (bicyclic) bond motifs is 1. The Labute approximate surface area is 112 Å². The molecule has 0 saturated heterocycles. The molecule has 0 spiro atoms. The van der Waals surface area contributed by atoms with E-state index in [2.05, 4.69) is 22.6 Å². The van der Waals surface area contributed by atoms with Gasteiger partial charge in [-0.2, -0.15) is 0 Å². The summed E-state index contributed by atoms with van der Waals surface area (Å²) in [6, 6.07) is 3.80. The number of nitrogens with two attached hydrogens (primary N) is 1. The van der Waals surface area contributed by atoms with Gasteiger partial charge in [0.15, 0.2) is 11.0 Å². The summed E-state index contributed by atoms with van der Waals surface area (Å²) in [5.41, 5.74) is 8.77.